The van der Waals surface area contributed by atoms with Crippen LogP contribution in [0.5, 0.6) is 0 Å². The monoisotopic (exact) mass is 628 g/mol. The Morgan fingerprint density at radius 3 is 1.09 bits per heavy atom. The lowest BCUT2D eigenvalue weighted by Crippen LogP contribution is -2.53. The van der Waals surface area contributed by atoms with Gasteiger partial charge in [0.2, 0.25) is 5.91 Å². The molecule has 0 rings (SSSR count). The number of nitrogens with one attached hydrogen (secondary N) is 1. The number of aliphatic hydroxyl groups is 4. The molecule has 1 amide bonds. The first-order chi connectivity index (χ1) is 21.5. The maximum absolute atomic E-state index is 12.4. The molecule has 4 unspecified atom stereocenters. The lowest BCUT2D eigenvalue weighted by atomic mass is 9.99. The van der Waals surface area contributed by atoms with Gasteiger partial charge in [0.25, 0.3) is 0 Å². The highest BCUT2D eigenvalue weighted by Gasteiger charge is 2.28. The predicted molar refractivity (Wildman–Crippen MR) is 187 cm³/mol. The fourth-order valence-corrected chi connectivity index (χ4v) is 6.17. The first kappa shape index (κ1) is 43.3. The summed E-state index contributed by atoms with van der Waals surface area (Å²) in [5.41, 5.74) is 0. The van der Waals surface area contributed by atoms with Gasteiger partial charge in [-0.2, -0.15) is 0 Å². The lowest BCUT2D eigenvalue weighted by molar-refractivity contribution is -0.132. The normalized spacial score (nSPS) is 14.4. The summed E-state index contributed by atoms with van der Waals surface area (Å²) in [4.78, 5) is 12.4. The zero-order chi connectivity index (χ0) is 32.5. The molecule has 0 aliphatic carbocycles. The van der Waals surface area contributed by atoms with E-state index in [9.17, 15) is 25.2 Å². The molecule has 0 aliphatic heterocycles. The van der Waals surface area contributed by atoms with Gasteiger partial charge in [-0.25, -0.2) is 0 Å². The molecule has 6 heteroatoms. The number of amides is 1. The standard InChI is InChI=1S/C38H77NO5/c1-3-5-7-9-11-12-13-14-15-16-17-18-19-20-21-22-23-24-26-28-30-32-36(42)38(44)39-34(33-40)37(43)35(41)31-29-27-25-10-8-6-4-2/h34-37,40-43H,3-33H2,1-2H3,(H,39,44). The number of aliphatic hydroxyl groups excluding tert-OH is 4. The zero-order valence-corrected chi connectivity index (χ0v) is 29.4. The molecule has 4 atom stereocenters. The molecule has 44 heavy (non-hydrogen) atoms. The Kier molecular flexibility index (Phi) is 33.1. The molecule has 0 heterocycles. The summed E-state index contributed by atoms with van der Waals surface area (Å²) >= 11 is 0. The van der Waals surface area contributed by atoms with Gasteiger partial charge in [-0.15, -0.1) is 0 Å². The van der Waals surface area contributed by atoms with Crippen LogP contribution in [0.3, 0.4) is 0 Å². The molecular formula is C38H77NO5. The summed E-state index contributed by atoms with van der Waals surface area (Å²) < 4.78 is 0. The van der Waals surface area contributed by atoms with Crippen LogP contribution in [0.1, 0.15) is 206 Å². The number of hydrogen-bond donors (Lipinski definition) is 5. The van der Waals surface area contributed by atoms with Crippen molar-refractivity contribution in [2.24, 2.45) is 0 Å². The van der Waals surface area contributed by atoms with Gasteiger partial charge in [0.05, 0.1) is 18.8 Å². The van der Waals surface area contributed by atoms with E-state index >= 15 is 0 Å². The van der Waals surface area contributed by atoms with Crippen molar-refractivity contribution in [2.45, 2.75) is 231 Å². The van der Waals surface area contributed by atoms with Crippen LogP contribution in [0.15, 0.2) is 0 Å². The number of hydrogen-bond acceptors (Lipinski definition) is 5. The molecule has 264 valence electrons. The minimum absolute atomic E-state index is 0.375. The minimum atomic E-state index is -1.25. The van der Waals surface area contributed by atoms with Crippen LogP contribution >= 0.6 is 0 Å². The van der Waals surface area contributed by atoms with Gasteiger partial charge < -0.3 is 25.7 Å². The molecule has 6 nitrogen and oxygen atoms in total. The summed E-state index contributed by atoms with van der Waals surface area (Å²) in [7, 11) is 0. The van der Waals surface area contributed by atoms with Crippen LogP contribution in [-0.4, -0.2) is 57.3 Å². The number of carbonyl (C=O) groups excluding carboxylic acids is 1. The molecule has 0 aromatic heterocycles. The van der Waals surface area contributed by atoms with E-state index in [1.807, 2.05) is 0 Å². The molecule has 0 bridgehead atoms. The van der Waals surface area contributed by atoms with E-state index in [2.05, 4.69) is 19.2 Å². The maximum Gasteiger partial charge on any atom is 0.249 e. The van der Waals surface area contributed by atoms with E-state index in [0.29, 0.717) is 12.8 Å². The molecule has 0 aromatic rings. The highest BCUT2D eigenvalue weighted by molar-refractivity contribution is 5.80. The van der Waals surface area contributed by atoms with Crippen molar-refractivity contribution < 1.29 is 25.2 Å². The van der Waals surface area contributed by atoms with Gasteiger partial charge in [-0.1, -0.05) is 194 Å². The molecular weight excluding hydrogens is 550 g/mol. The minimum Gasteiger partial charge on any atom is -0.394 e. The van der Waals surface area contributed by atoms with Crippen LogP contribution in [0.25, 0.3) is 0 Å². The molecule has 0 radical (unpaired) electrons. The average molecular weight is 628 g/mol. The van der Waals surface area contributed by atoms with Crippen molar-refractivity contribution in [3.05, 3.63) is 0 Å². The summed E-state index contributed by atoms with van der Waals surface area (Å²) in [6.45, 7) is 3.99. The Labute approximate surface area is 273 Å². The van der Waals surface area contributed by atoms with Gasteiger partial charge in [0, 0.05) is 0 Å². The first-order valence-electron chi connectivity index (χ1n) is 19.4. The maximum atomic E-state index is 12.4. The second kappa shape index (κ2) is 33.7. The predicted octanol–water partition coefficient (Wildman–Crippen LogP) is 9.29. The summed E-state index contributed by atoms with van der Waals surface area (Å²) in [6, 6.07) is -0.976. The van der Waals surface area contributed by atoms with Crippen molar-refractivity contribution in [1.82, 2.24) is 5.32 Å². The van der Waals surface area contributed by atoms with Crippen molar-refractivity contribution in [3.63, 3.8) is 0 Å². The molecule has 0 aliphatic rings. The second-order valence-electron chi connectivity index (χ2n) is 13.6. The number of rotatable bonds is 35. The molecule has 0 saturated heterocycles. The van der Waals surface area contributed by atoms with Crippen LogP contribution in [0.4, 0.5) is 0 Å². The molecule has 5 N–H and O–H groups in total. The van der Waals surface area contributed by atoms with Crippen LogP contribution in [0.2, 0.25) is 0 Å². The van der Waals surface area contributed by atoms with E-state index in [-0.39, 0.29) is 0 Å². The Morgan fingerprint density at radius 2 is 0.773 bits per heavy atom. The molecule has 0 saturated carbocycles. The largest absolute Gasteiger partial charge is 0.394 e. The smallest absolute Gasteiger partial charge is 0.249 e. The summed E-state index contributed by atoms with van der Waals surface area (Å²) in [5.74, 6) is -0.584. The summed E-state index contributed by atoms with van der Waals surface area (Å²) in [5, 5.41) is 43.2. The Hall–Kier alpha value is -0.690. The fourth-order valence-electron chi connectivity index (χ4n) is 6.17. The Balaban J connectivity index is 3.64. The van der Waals surface area contributed by atoms with Gasteiger partial charge >= 0.3 is 0 Å². The average Bonchev–Trinajstić information content (AvgIpc) is 3.03. The first-order valence-corrected chi connectivity index (χ1v) is 19.4. The lowest BCUT2D eigenvalue weighted by Gasteiger charge is -2.27. The van der Waals surface area contributed by atoms with E-state index < -0.39 is 36.9 Å². The third kappa shape index (κ3) is 27.6. The summed E-state index contributed by atoms with van der Waals surface area (Å²) in [6.07, 6.45) is 33.0. The van der Waals surface area contributed by atoms with Gasteiger partial charge in [0.15, 0.2) is 0 Å². The Morgan fingerprint density at radius 1 is 0.477 bits per heavy atom. The van der Waals surface area contributed by atoms with Crippen molar-refractivity contribution >= 4 is 5.91 Å². The van der Waals surface area contributed by atoms with Crippen LogP contribution < -0.4 is 5.32 Å². The highest BCUT2D eigenvalue weighted by atomic mass is 16.3. The third-order valence-corrected chi connectivity index (χ3v) is 9.32. The molecule has 0 fully saturated rings. The highest BCUT2D eigenvalue weighted by Crippen LogP contribution is 2.16. The SMILES string of the molecule is CCCCCCCCCCCCCCCCCCCCCCCC(O)C(=O)NC(CO)C(O)C(O)CCCCCCCCC. The molecule has 0 aromatic carbocycles. The molecule has 0 spiro atoms. The van der Waals surface area contributed by atoms with E-state index in [4.69, 9.17) is 0 Å². The van der Waals surface area contributed by atoms with Gasteiger partial charge in [-0.05, 0) is 12.8 Å². The van der Waals surface area contributed by atoms with E-state index in [1.165, 1.54) is 141 Å². The third-order valence-electron chi connectivity index (χ3n) is 9.32. The number of unbranched alkanes of at least 4 members (excludes halogenated alkanes) is 26. The van der Waals surface area contributed by atoms with Crippen molar-refractivity contribution in [3.8, 4) is 0 Å². The van der Waals surface area contributed by atoms with Crippen molar-refractivity contribution in [1.29, 1.82) is 0 Å². The van der Waals surface area contributed by atoms with Crippen molar-refractivity contribution in [2.75, 3.05) is 6.61 Å². The van der Waals surface area contributed by atoms with Crippen LogP contribution in [0, 0.1) is 0 Å². The topological polar surface area (TPSA) is 110 Å². The van der Waals surface area contributed by atoms with Crippen LogP contribution in [-0.2, 0) is 4.79 Å². The quantitative estimate of drug-likeness (QED) is 0.0450. The van der Waals surface area contributed by atoms with Gasteiger partial charge in [0.1, 0.15) is 12.2 Å². The van der Waals surface area contributed by atoms with E-state index in [1.54, 1.807) is 0 Å². The van der Waals surface area contributed by atoms with Gasteiger partial charge in [-0.3, -0.25) is 4.79 Å². The fraction of sp³-hybridized carbons (Fsp3) is 0.974. The number of carbonyl (C=O) groups is 1. The Bertz CT molecular complexity index is 590. The van der Waals surface area contributed by atoms with E-state index in [0.717, 1.165) is 38.5 Å². The second-order valence-corrected chi connectivity index (χ2v) is 13.6. The zero-order valence-electron chi connectivity index (χ0n) is 29.4.